The van der Waals surface area contributed by atoms with E-state index in [0.717, 1.165) is 0 Å². The van der Waals surface area contributed by atoms with E-state index in [-0.39, 0.29) is 23.5 Å². The standard InChI is InChI=1S/C14H17FN4O/c1-8-4-5-10(6-11(8)15)9(2)17-14(20)13-12(16)7-19(3)18-13/h4-7,9H,16H2,1-3H3,(H,17,20). The summed E-state index contributed by atoms with van der Waals surface area (Å²) >= 11 is 0. The van der Waals surface area contributed by atoms with Gasteiger partial charge in [-0.25, -0.2) is 4.39 Å². The van der Waals surface area contributed by atoms with Gasteiger partial charge in [-0.1, -0.05) is 12.1 Å². The lowest BCUT2D eigenvalue weighted by Gasteiger charge is -2.14. The summed E-state index contributed by atoms with van der Waals surface area (Å²) in [4.78, 5) is 12.1. The van der Waals surface area contributed by atoms with Crippen LogP contribution in [0.1, 0.15) is 34.6 Å². The molecule has 6 heteroatoms. The van der Waals surface area contributed by atoms with Gasteiger partial charge in [0.1, 0.15) is 5.82 Å². The van der Waals surface area contributed by atoms with Crippen molar-refractivity contribution in [2.75, 3.05) is 5.73 Å². The fraction of sp³-hybridized carbons (Fsp3) is 0.286. The van der Waals surface area contributed by atoms with Crippen LogP contribution in [0.2, 0.25) is 0 Å². The first kappa shape index (κ1) is 14.0. The number of carbonyl (C=O) groups excluding carboxylic acids is 1. The second-order valence-electron chi connectivity index (χ2n) is 4.81. The summed E-state index contributed by atoms with van der Waals surface area (Å²) in [7, 11) is 1.69. The van der Waals surface area contributed by atoms with E-state index in [0.29, 0.717) is 16.8 Å². The van der Waals surface area contributed by atoms with Crippen LogP contribution in [0.4, 0.5) is 10.1 Å². The van der Waals surface area contributed by atoms with E-state index >= 15 is 0 Å². The predicted octanol–water partition coefficient (Wildman–Crippen LogP) is 1.94. The minimum absolute atomic E-state index is 0.173. The molecule has 1 atom stereocenters. The number of aromatic nitrogens is 2. The molecule has 0 bridgehead atoms. The van der Waals surface area contributed by atoms with Gasteiger partial charge in [-0.3, -0.25) is 9.48 Å². The van der Waals surface area contributed by atoms with Crippen molar-refractivity contribution in [2.45, 2.75) is 19.9 Å². The largest absolute Gasteiger partial charge is 0.396 e. The Balaban J connectivity index is 2.14. The maximum atomic E-state index is 13.5. The van der Waals surface area contributed by atoms with Gasteiger partial charge in [0, 0.05) is 13.2 Å². The van der Waals surface area contributed by atoms with Gasteiger partial charge in [0.25, 0.3) is 5.91 Å². The van der Waals surface area contributed by atoms with Crippen LogP contribution < -0.4 is 11.1 Å². The summed E-state index contributed by atoms with van der Waals surface area (Å²) < 4.78 is 15.0. The van der Waals surface area contributed by atoms with Crippen molar-refractivity contribution >= 4 is 11.6 Å². The number of anilines is 1. The summed E-state index contributed by atoms with van der Waals surface area (Å²) in [5, 5.41) is 6.75. The van der Waals surface area contributed by atoms with Crippen LogP contribution >= 0.6 is 0 Å². The molecule has 1 aromatic carbocycles. The Kier molecular flexibility index (Phi) is 3.74. The van der Waals surface area contributed by atoms with Gasteiger partial charge in [0.2, 0.25) is 0 Å². The number of nitrogen functional groups attached to an aromatic ring is 1. The highest BCUT2D eigenvalue weighted by Crippen LogP contribution is 2.17. The number of halogens is 1. The van der Waals surface area contributed by atoms with Crippen LogP contribution in [0.15, 0.2) is 24.4 Å². The molecule has 1 heterocycles. The lowest BCUT2D eigenvalue weighted by molar-refractivity contribution is 0.0935. The molecular weight excluding hydrogens is 259 g/mol. The minimum Gasteiger partial charge on any atom is -0.396 e. The fourth-order valence-electron chi connectivity index (χ4n) is 1.91. The topological polar surface area (TPSA) is 72.9 Å². The van der Waals surface area contributed by atoms with E-state index in [1.807, 2.05) is 0 Å². The van der Waals surface area contributed by atoms with Crippen molar-refractivity contribution < 1.29 is 9.18 Å². The molecule has 0 spiro atoms. The number of rotatable bonds is 3. The molecule has 1 aromatic heterocycles. The first-order valence-electron chi connectivity index (χ1n) is 6.24. The number of benzene rings is 1. The molecule has 20 heavy (non-hydrogen) atoms. The zero-order valence-corrected chi connectivity index (χ0v) is 11.6. The van der Waals surface area contributed by atoms with Gasteiger partial charge in [-0.2, -0.15) is 5.10 Å². The molecule has 0 saturated carbocycles. The van der Waals surface area contributed by atoms with E-state index in [9.17, 15) is 9.18 Å². The second kappa shape index (κ2) is 5.32. The van der Waals surface area contributed by atoms with Crippen LogP contribution in [0.3, 0.4) is 0 Å². The number of hydrogen-bond donors (Lipinski definition) is 2. The molecule has 0 aliphatic rings. The normalized spacial score (nSPS) is 12.2. The van der Waals surface area contributed by atoms with Crippen molar-refractivity contribution in [3.63, 3.8) is 0 Å². The average molecular weight is 276 g/mol. The minimum atomic E-state index is -0.378. The SMILES string of the molecule is Cc1ccc(C(C)NC(=O)c2nn(C)cc2N)cc1F. The van der Waals surface area contributed by atoms with Crippen molar-refractivity contribution in [1.82, 2.24) is 15.1 Å². The molecule has 106 valence electrons. The van der Waals surface area contributed by atoms with E-state index < -0.39 is 0 Å². The zero-order valence-electron chi connectivity index (χ0n) is 11.6. The lowest BCUT2D eigenvalue weighted by atomic mass is 10.1. The number of carbonyl (C=O) groups is 1. The quantitative estimate of drug-likeness (QED) is 0.899. The number of amides is 1. The summed E-state index contributed by atoms with van der Waals surface area (Å²) in [5.41, 5.74) is 7.44. The fourth-order valence-corrected chi connectivity index (χ4v) is 1.91. The number of nitrogens with zero attached hydrogens (tertiary/aromatic N) is 2. The molecule has 0 fully saturated rings. The third-order valence-corrected chi connectivity index (χ3v) is 3.12. The van der Waals surface area contributed by atoms with Crippen LogP contribution in [0.5, 0.6) is 0 Å². The van der Waals surface area contributed by atoms with E-state index in [1.54, 1.807) is 39.2 Å². The predicted molar refractivity (Wildman–Crippen MR) is 74.6 cm³/mol. The molecule has 1 unspecified atom stereocenters. The molecule has 5 nitrogen and oxygen atoms in total. The molecule has 1 amide bonds. The maximum Gasteiger partial charge on any atom is 0.274 e. The molecule has 2 rings (SSSR count). The Morgan fingerprint density at radius 1 is 1.50 bits per heavy atom. The summed E-state index contributed by atoms with van der Waals surface area (Å²) in [6.07, 6.45) is 1.56. The molecule has 3 N–H and O–H groups in total. The lowest BCUT2D eigenvalue weighted by Crippen LogP contribution is -2.27. The Bertz CT molecular complexity index is 651. The van der Waals surface area contributed by atoms with E-state index in [2.05, 4.69) is 10.4 Å². The number of hydrogen-bond acceptors (Lipinski definition) is 3. The van der Waals surface area contributed by atoms with Gasteiger partial charge >= 0.3 is 0 Å². The Labute approximate surface area is 116 Å². The maximum absolute atomic E-state index is 13.5. The van der Waals surface area contributed by atoms with Crippen LogP contribution in [0, 0.1) is 12.7 Å². The monoisotopic (exact) mass is 276 g/mol. The summed E-state index contributed by atoms with van der Waals surface area (Å²) in [5.74, 6) is -0.669. The molecule has 2 aromatic rings. The highest BCUT2D eigenvalue weighted by Gasteiger charge is 2.17. The van der Waals surface area contributed by atoms with Gasteiger partial charge in [-0.15, -0.1) is 0 Å². The third kappa shape index (κ3) is 2.79. The van der Waals surface area contributed by atoms with Crippen molar-refractivity contribution in [3.8, 4) is 0 Å². The Hall–Kier alpha value is -2.37. The van der Waals surface area contributed by atoms with Crippen LogP contribution in [-0.4, -0.2) is 15.7 Å². The molecule has 0 aliphatic heterocycles. The van der Waals surface area contributed by atoms with Crippen molar-refractivity contribution in [3.05, 3.63) is 47.0 Å². The zero-order chi connectivity index (χ0) is 14.9. The highest BCUT2D eigenvalue weighted by atomic mass is 19.1. The second-order valence-corrected chi connectivity index (χ2v) is 4.81. The first-order chi connectivity index (χ1) is 9.38. The van der Waals surface area contributed by atoms with Gasteiger partial charge in [-0.05, 0) is 31.0 Å². The first-order valence-corrected chi connectivity index (χ1v) is 6.24. The van der Waals surface area contributed by atoms with Crippen molar-refractivity contribution in [1.29, 1.82) is 0 Å². The van der Waals surface area contributed by atoms with Crippen LogP contribution in [0.25, 0.3) is 0 Å². The average Bonchev–Trinajstić information content (AvgIpc) is 2.71. The number of aryl methyl sites for hydroxylation is 2. The third-order valence-electron chi connectivity index (χ3n) is 3.12. The Morgan fingerprint density at radius 3 is 2.75 bits per heavy atom. The molecule has 0 aliphatic carbocycles. The number of nitrogens with one attached hydrogen (secondary N) is 1. The van der Waals surface area contributed by atoms with Gasteiger partial charge < -0.3 is 11.1 Å². The highest BCUT2D eigenvalue weighted by molar-refractivity contribution is 5.97. The number of nitrogens with two attached hydrogens (primary N) is 1. The smallest absolute Gasteiger partial charge is 0.274 e. The van der Waals surface area contributed by atoms with Crippen molar-refractivity contribution in [2.24, 2.45) is 7.05 Å². The van der Waals surface area contributed by atoms with Gasteiger partial charge in [0.05, 0.1) is 11.7 Å². The Morgan fingerprint density at radius 2 is 2.20 bits per heavy atom. The van der Waals surface area contributed by atoms with Crippen LogP contribution in [-0.2, 0) is 7.05 Å². The van der Waals surface area contributed by atoms with E-state index in [1.165, 1.54) is 10.7 Å². The molecule has 0 saturated heterocycles. The molecule has 0 radical (unpaired) electrons. The van der Waals surface area contributed by atoms with E-state index in [4.69, 9.17) is 5.73 Å². The summed E-state index contributed by atoms with van der Waals surface area (Å²) in [6.45, 7) is 3.47. The summed E-state index contributed by atoms with van der Waals surface area (Å²) in [6, 6.07) is 4.55. The van der Waals surface area contributed by atoms with Gasteiger partial charge in [0.15, 0.2) is 5.69 Å². The molecular formula is C14H17FN4O.